The van der Waals surface area contributed by atoms with Gasteiger partial charge >= 0.3 is 12.1 Å². The van der Waals surface area contributed by atoms with Crippen LogP contribution in [0.5, 0.6) is 5.88 Å². The van der Waals surface area contributed by atoms with Crippen molar-refractivity contribution in [2.24, 2.45) is 17.8 Å². The van der Waals surface area contributed by atoms with Gasteiger partial charge in [-0.3, -0.25) is 4.79 Å². The molecule has 7 nitrogen and oxygen atoms in total. The van der Waals surface area contributed by atoms with E-state index in [1.807, 2.05) is 69.0 Å². The number of carbonyl (C=O) groups excluding carboxylic acids is 2. The van der Waals surface area contributed by atoms with Crippen molar-refractivity contribution in [2.75, 3.05) is 19.7 Å². The first kappa shape index (κ1) is 27.0. The Kier molecular flexibility index (Phi) is 8.72. The van der Waals surface area contributed by atoms with Gasteiger partial charge in [-0.1, -0.05) is 30.3 Å². The number of piperidine rings is 1. The fourth-order valence-corrected chi connectivity index (χ4v) is 5.22. The Labute approximate surface area is 220 Å². The Bertz CT molecular complexity index is 1060. The van der Waals surface area contributed by atoms with Crippen molar-refractivity contribution in [3.05, 3.63) is 59.3 Å². The van der Waals surface area contributed by atoms with Gasteiger partial charge in [0.2, 0.25) is 5.88 Å². The van der Waals surface area contributed by atoms with Crippen LogP contribution in [0.1, 0.15) is 63.1 Å². The molecular formula is C30H40N2O5. The molecule has 7 heteroatoms. The van der Waals surface area contributed by atoms with E-state index < -0.39 is 5.60 Å². The van der Waals surface area contributed by atoms with Gasteiger partial charge in [0, 0.05) is 24.8 Å². The molecular weight excluding hydrogens is 468 g/mol. The topological polar surface area (TPSA) is 78.0 Å². The fraction of sp³-hybridized carbons (Fsp3) is 0.567. The highest BCUT2D eigenvalue weighted by molar-refractivity contribution is 5.73. The largest absolute Gasteiger partial charge is 0.477 e. The third-order valence-corrected chi connectivity index (χ3v) is 7.17. The standard InChI is InChI=1S/C30H40N2O5/c1-21-16-23(17-27(33)37-30(2,3)4)19-31-28(21)35-15-12-25-18-26(25)24-10-13-32(14-11-24)29(34)36-20-22-8-6-5-7-9-22/h5-9,16,19,24-26H,10-15,17-18,20H2,1-4H3/t25-,26-/m1/s1. The van der Waals surface area contributed by atoms with Crippen molar-refractivity contribution < 1.29 is 23.8 Å². The zero-order chi connectivity index (χ0) is 26.4. The third kappa shape index (κ3) is 8.20. The number of amides is 1. The average molecular weight is 509 g/mol. The lowest BCUT2D eigenvalue weighted by molar-refractivity contribution is -0.153. The van der Waals surface area contributed by atoms with Crippen LogP contribution in [0.2, 0.25) is 0 Å². The summed E-state index contributed by atoms with van der Waals surface area (Å²) >= 11 is 0. The molecule has 1 amide bonds. The van der Waals surface area contributed by atoms with Gasteiger partial charge in [0.15, 0.2) is 0 Å². The number of benzene rings is 1. The van der Waals surface area contributed by atoms with Gasteiger partial charge in [-0.15, -0.1) is 0 Å². The number of hydrogen-bond acceptors (Lipinski definition) is 6. The van der Waals surface area contributed by atoms with Gasteiger partial charge in [-0.2, -0.15) is 0 Å². The zero-order valence-corrected chi connectivity index (χ0v) is 22.6. The maximum atomic E-state index is 12.4. The molecule has 37 heavy (non-hydrogen) atoms. The molecule has 200 valence electrons. The van der Waals surface area contributed by atoms with Crippen LogP contribution in [-0.4, -0.2) is 47.2 Å². The molecule has 0 N–H and O–H groups in total. The lowest BCUT2D eigenvalue weighted by Crippen LogP contribution is -2.39. The van der Waals surface area contributed by atoms with Crippen LogP contribution in [-0.2, 0) is 27.3 Å². The summed E-state index contributed by atoms with van der Waals surface area (Å²) in [5.74, 6) is 2.48. The van der Waals surface area contributed by atoms with Crippen LogP contribution < -0.4 is 4.74 Å². The van der Waals surface area contributed by atoms with E-state index in [2.05, 4.69) is 4.98 Å². The molecule has 0 spiro atoms. The van der Waals surface area contributed by atoms with E-state index in [-0.39, 0.29) is 18.5 Å². The number of aromatic nitrogens is 1. The fourth-order valence-electron chi connectivity index (χ4n) is 5.22. The number of ether oxygens (including phenoxy) is 3. The number of pyridine rings is 1. The van der Waals surface area contributed by atoms with E-state index in [1.54, 1.807) is 6.20 Å². The first-order chi connectivity index (χ1) is 17.7. The van der Waals surface area contributed by atoms with E-state index in [0.29, 0.717) is 30.9 Å². The van der Waals surface area contributed by atoms with Crippen molar-refractivity contribution in [3.63, 3.8) is 0 Å². The molecule has 0 bridgehead atoms. The Morgan fingerprint density at radius 1 is 1.08 bits per heavy atom. The molecule has 2 heterocycles. The number of esters is 1. The molecule has 1 aromatic heterocycles. The molecule has 1 saturated carbocycles. The minimum atomic E-state index is -0.491. The minimum absolute atomic E-state index is 0.206. The Morgan fingerprint density at radius 3 is 2.49 bits per heavy atom. The van der Waals surface area contributed by atoms with Crippen molar-refractivity contribution in [2.45, 2.75) is 72.0 Å². The molecule has 1 aromatic carbocycles. The summed E-state index contributed by atoms with van der Waals surface area (Å²) < 4.78 is 16.9. The van der Waals surface area contributed by atoms with E-state index in [9.17, 15) is 9.59 Å². The van der Waals surface area contributed by atoms with Gasteiger partial charge < -0.3 is 19.1 Å². The lowest BCUT2D eigenvalue weighted by Gasteiger charge is -2.31. The predicted molar refractivity (Wildman–Crippen MR) is 141 cm³/mol. The highest BCUT2D eigenvalue weighted by Gasteiger charge is 2.43. The van der Waals surface area contributed by atoms with Crippen LogP contribution in [0.3, 0.4) is 0 Å². The Hall–Kier alpha value is -3.09. The number of aryl methyl sites for hydroxylation is 1. The average Bonchev–Trinajstić information content (AvgIpc) is 3.63. The summed E-state index contributed by atoms with van der Waals surface area (Å²) in [7, 11) is 0. The molecule has 1 aliphatic carbocycles. The second kappa shape index (κ2) is 12.0. The predicted octanol–water partition coefficient (Wildman–Crippen LogP) is 5.73. The van der Waals surface area contributed by atoms with Gasteiger partial charge in [-0.25, -0.2) is 9.78 Å². The lowest BCUT2D eigenvalue weighted by atomic mass is 9.91. The van der Waals surface area contributed by atoms with Crippen LogP contribution in [0.25, 0.3) is 0 Å². The smallest absolute Gasteiger partial charge is 0.410 e. The molecule has 0 radical (unpaired) electrons. The van der Waals surface area contributed by atoms with E-state index >= 15 is 0 Å². The Morgan fingerprint density at radius 2 is 1.81 bits per heavy atom. The van der Waals surface area contributed by atoms with Crippen molar-refractivity contribution in [1.82, 2.24) is 9.88 Å². The molecule has 4 rings (SSSR count). The highest BCUT2D eigenvalue weighted by Crippen LogP contribution is 2.49. The summed E-state index contributed by atoms with van der Waals surface area (Å²) in [6.45, 7) is 10.1. The van der Waals surface area contributed by atoms with Gasteiger partial charge in [0.1, 0.15) is 12.2 Å². The highest BCUT2D eigenvalue weighted by atomic mass is 16.6. The second-order valence-electron chi connectivity index (χ2n) is 11.4. The van der Waals surface area contributed by atoms with Crippen LogP contribution >= 0.6 is 0 Å². The molecule has 2 aromatic rings. The quantitative estimate of drug-likeness (QED) is 0.403. The summed E-state index contributed by atoms with van der Waals surface area (Å²) in [5, 5.41) is 0. The Balaban J connectivity index is 1.13. The molecule has 2 fully saturated rings. The van der Waals surface area contributed by atoms with Gasteiger partial charge in [-0.05, 0) is 88.3 Å². The SMILES string of the molecule is Cc1cc(CC(=O)OC(C)(C)C)cnc1OCC[C@@H]1C[C@@H]1C1CCN(C(=O)OCc2ccccc2)CC1. The van der Waals surface area contributed by atoms with Crippen molar-refractivity contribution in [3.8, 4) is 5.88 Å². The summed E-state index contributed by atoms with van der Waals surface area (Å²) in [5.41, 5.74) is 2.28. The number of likely N-dealkylation sites (tertiary alicyclic amines) is 1. The molecule has 1 aliphatic heterocycles. The minimum Gasteiger partial charge on any atom is -0.477 e. The monoisotopic (exact) mass is 508 g/mol. The van der Waals surface area contributed by atoms with E-state index in [1.165, 1.54) is 6.42 Å². The first-order valence-corrected chi connectivity index (χ1v) is 13.4. The maximum absolute atomic E-state index is 12.4. The first-order valence-electron chi connectivity index (χ1n) is 13.4. The molecule has 1 saturated heterocycles. The van der Waals surface area contributed by atoms with Crippen LogP contribution in [0, 0.1) is 24.7 Å². The van der Waals surface area contributed by atoms with Crippen LogP contribution in [0.4, 0.5) is 4.79 Å². The van der Waals surface area contributed by atoms with Gasteiger partial charge in [0.25, 0.3) is 0 Å². The summed E-state index contributed by atoms with van der Waals surface area (Å²) in [6, 6.07) is 11.7. The summed E-state index contributed by atoms with van der Waals surface area (Å²) in [6.07, 6.45) is 6.05. The van der Waals surface area contributed by atoms with E-state index in [4.69, 9.17) is 14.2 Å². The molecule has 0 unspecified atom stereocenters. The van der Waals surface area contributed by atoms with Crippen LogP contribution in [0.15, 0.2) is 42.6 Å². The maximum Gasteiger partial charge on any atom is 0.410 e. The van der Waals surface area contributed by atoms with Gasteiger partial charge in [0.05, 0.1) is 13.0 Å². The number of nitrogens with zero attached hydrogens (tertiary/aromatic N) is 2. The second-order valence-corrected chi connectivity index (χ2v) is 11.4. The normalized spacial score (nSPS) is 19.8. The molecule has 2 atom stereocenters. The van der Waals surface area contributed by atoms with Crippen molar-refractivity contribution in [1.29, 1.82) is 0 Å². The third-order valence-electron chi connectivity index (χ3n) is 7.17. The number of rotatable bonds is 9. The molecule has 2 aliphatic rings. The number of carbonyl (C=O) groups is 2. The zero-order valence-electron chi connectivity index (χ0n) is 22.6. The summed E-state index contributed by atoms with van der Waals surface area (Å²) in [4.78, 5) is 30.8. The van der Waals surface area contributed by atoms with Crippen molar-refractivity contribution >= 4 is 12.1 Å². The van der Waals surface area contributed by atoms with E-state index in [0.717, 1.165) is 55.0 Å². The number of hydrogen-bond donors (Lipinski definition) is 0.